The summed E-state index contributed by atoms with van der Waals surface area (Å²) < 4.78 is 6.69. The molecule has 1 aliphatic heterocycles. The van der Waals surface area contributed by atoms with Crippen LogP contribution in [-0.2, 0) is 6.42 Å². The van der Waals surface area contributed by atoms with E-state index in [-0.39, 0.29) is 11.0 Å². The second-order valence-electron chi connectivity index (χ2n) is 8.83. The summed E-state index contributed by atoms with van der Waals surface area (Å²) in [7, 11) is 0. The molecule has 1 saturated carbocycles. The maximum absolute atomic E-state index is 9.86. The van der Waals surface area contributed by atoms with Crippen LogP contribution in [0.15, 0.2) is 29.8 Å². The van der Waals surface area contributed by atoms with Crippen molar-refractivity contribution in [3.63, 3.8) is 0 Å². The molecule has 1 fully saturated rings. The Morgan fingerprint density at radius 1 is 1.17 bits per heavy atom. The van der Waals surface area contributed by atoms with E-state index >= 15 is 0 Å². The molecule has 2 aliphatic carbocycles. The predicted molar refractivity (Wildman–Crippen MR) is 92.8 cm³/mol. The van der Waals surface area contributed by atoms with Gasteiger partial charge in [0.15, 0.2) is 0 Å². The van der Waals surface area contributed by atoms with E-state index < -0.39 is 0 Å². The molecule has 1 heterocycles. The van der Waals surface area contributed by atoms with Crippen molar-refractivity contribution in [1.82, 2.24) is 0 Å². The number of phenols is 1. The molecule has 0 aromatic heterocycles. The number of hydrogen-bond acceptors (Lipinski definition) is 2. The zero-order chi connectivity index (χ0) is 16.5. The van der Waals surface area contributed by atoms with Crippen molar-refractivity contribution in [3.8, 4) is 11.5 Å². The highest BCUT2D eigenvalue weighted by Crippen LogP contribution is 2.64. The minimum absolute atomic E-state index is 0.155. The monoisotopic (exact) mass is 312 g/mol. The van der Waals surface area contributed by atoms with Gasteiger partial charge in [0.2, 0.25) is 0 Å². The largest absolute Gasteiger partial charge is 0.508 e. The molecular formula is C21H28O2. The first-order chi connectivity index (χ1) is 10.8. The molecule has 0 saturated heterocycles. The van der Waals surface area contributed by atoms with Crippen LogP contribution in [-0.4, -0.2) is 10.7 Å². The Labute approximate surface area is 139 Å². The number of hydrogen-bond donors (Lipinski definition) is 1. The van der Waals surface area contributed by atoms with Crippen molar-refractivity contribution >= 4 is 0 Å². The van der Waals surface area contributed by atoms with E-state index in [1.54, 1.807) is 6.07 Å². The summed E-state index contributed by atoms with van der Waals surface area (Å²) in [6.07, 6.45) is 8.30. The minimum Gasteiger partial charge on any atom is -0.508 e. The standard InChI is InChI=1S/C21H28O2/c1-14-6-9-18-19(2,3)10-5-11-20(18,4)21(14)13-15-12-16(22)7-8-17(15)23-21/h6-8,12,18,22H,5,9-11,13H2,1-4H3/t18?,20-,21?/m0/s1. The molecule has 2 nitrogen and oxygen atoms in total. The number of ether oxygens (including phenoxy) is 1. The van der Waals surface area contributed by atoms with Gasteiger partial charge in [0.05, 0.1) is 0 Å². The van der Waals surface area contributed by atoms with Gasteiger partial charge >= 0.3 is 0 Å². The molecule has 124 valence electrons. The van der Waals surface area contributed by atoms with E-state index in [9.17, 15) is 5.11 Å². The number of fused-ring (bicyclic) bond motifs is 3. The zero-order valence-corrected chi connectivity index (χ0v) is 14.8. The summed E-state index contributed by atoms with van der Waals surface area (Å²) in [4.78, 5) is 0. The highest BCUT2D eigenvalue weighted by molar-refractivity contribution is 5.48. The lowest BCUT2D eigenvalue weighted by Gasteiger charge is -2.60. The predicted octanol–water partition coefficient (Wildman–Crippen LogP) is 5.25. The number of allylic oxidation sites excluding steroid dienone is 1. The third-order valence-corrected chi connectivity index (χ3v) is 7.22. The summed E-state index contributed by atoms with van der Waals surface area (Å²) >= 11 is 0. The Kier molecular flexibility index (Phi) is 2.99. The molecule has 2 heteroatoms. The van der Waals surface area contributed by atoms with Crippen LogP contribution in [0.5, 0.6) is 11.5 Å². The van der Waals surface area contributed by atoms with Gasteiger partial charge in [0, 0.05) is 17.4 Å². The van der Waals surface area contributed by atoms with Gasteiger partial charge in [0.1, 0.15) is 17.1 Å². The van der Waals surface area contributed by atoms with Crippen molar-refractivity contribution in [1.29, 1.82) is 0 Å². The van der Waals surface area contributed by atoms with Crippen LogP contribution >= 0.6 is 0 Å². The summed E-state index contributed by atoms with van der Waals surface area (Å²) in [5.74, 6) is 1.95. The topological polar surface area (TPSA) is 29.5 Å². The van der Waals surface area contributed by atoms with Crippen molar-refractivity contribution in [2.75, 3.05) is 0 Å². The van der Waals surface area contributed by atoms with Crippen molar-refractivity contribution in [2.45, 2.75) is 65.4 Å². The molecule has 1 spiro atoms. The molecule has 0 amide bonds. The molecule has 0 radical (unpaired) electrons. The number of phenolic OH excluding ortho intramolecular Hbond substituents is 1. The lowest BCUT2D eigenvalue weighted by Crippen LogP contribution is -2.61. The molecule has 1 aromatic carbocycles. The third-order valence-electron chi connectivity index (χ3n) is 7.22. The van der Waals surface area contributed by atoms with Crippen LogP contribution in [0.2, 0.25) is 0 Å². The quantitative estimate of drug-likeness (QED) is 0.663. The molecule has 2 unspecified atom stereocenters. The fourth-order valence-electron chi connectivity index (χ4n) is 5.93. The van der Waals surface area contributed by atoms with Gasteiger partial charge in [-0.3, -0.25) is 0 Å². The van der Waals surface area contributed by atoms with E-state index in [2.05, 4.69) is 33.8 Å². The van der Waals surface area contributed by atoms with Crippen LogP contribution in [0.4, 0.5) is 0 Å². The van der Waals surface area contributed by atoms with Gasteiger partial charge in [-0.15, -0.1) is 0 Å². The Hall–Kier alpha value is -1.44. The summed E-state index contributed by atoms with van der Waals surface area (Å²) in [6, 6.07) is 5.57. The Morgan fingerprint density at radius 2 is 1.96 bits per heavy atom. The maximum atomic E-state index is 9.86. The first kappa shape index (κ1) is 15.1. The highest BCUT2D eigenvalue weighted by atomic mass is 16.5. The van der Waals surface area contributed by atoms with E-state index in [4.69, 9.17) is 4.74 Å². The molecule has 1 N–H and O–H groups in total. The lowest BCUT2D eigenvalue weighted by atomic mass is 9.46. The molecule has 1 aromatic rings. The van der Waals surface area contributed by atoms with E-state index in [0.717, 1.165) is 17.7 Å². The summed E-state index contributed by atoms with van der Waals surface area (Å²) in [5, 5.41) is 9.86. The third kappa shape index (κ3) is 1.87. The van der Waals surface area contributed by atoms with Gasteiger partial charge in [-0.25, -0.2) is 0 Å². The Balaban J connectivity index is 1.84. The van der Waals surface area contributed by atoms with Crippen molar-refractivity contribution in [2.24, 2.45) is 16.7 Å². The van der Waals surface area contributed by atoms with Crippen LogP contribution in [0.25, 0.3) is 0 Å². The fraction of sp³-hybridized carbons (Fsp3) is 0.619. The fourth-order valence-corrected chi connectivity index (χ4v) is 5.93. The van der Waals surface area contributed by atoms with Crippen LogP contribution < -0.4 is 4.74 Å². The Morgan fingerprint density at radius 3 is 2.74 bits per heavy atom. The van der Waals surface area contributed by atoms with E-state index in [1.807, 2.05) is 12.1 Å². The number of benzene rings is 1. The second-order valence-corrected chi connectivity index (χ2v) is 8.83. The summed E-state index contributed by atoms with van der Waals surface area (Å²) in [6.45, 7) is 9.58. The van der Waals surface area contributed by atoms with E-state index in [0.29, 0.717) is 17.1 Å². The van der Waals surface area contributed by atoms with Gasteiger partial charge in [-0.1, -0.05) is 33.3 Å². The number of aromatic hydroxyl groups is 1. The van der Waals surface area contributed by atoms with Crippen molar-refractivity contribution in [3.05, 3.63) is 35.4 Å². The van der Waals surface area contributed by atoms with Crippen LogP contribution in [0.1, 0.15) is 58.9 Å². The SMILES string of the molecule is CC1=CCC2C(C)(C)CCC[C@]2(C)C12Cc1cc(O)ccc1O2. The lowest BCUT2D eigenvalue weighted by molar-refractivity contribution is -0.118. The van der Waals surface area contributed by atoms with Gasteiger partial charge in [-0.2, -0.15) is 0 Å². The average molecular weight is 312 g/mol. The van der Waals surface area contributed by atoms with Crippen molar-refractivity contribution < 1.29 is 9.84 Å². The van der Waals surface area contributed by atoms with E-state index in [1.165, 1.54) is 31.3 Å². The average Bonchev–Trinajstić information content (AvgIpc) is 2.84. The molecule has 3 atom stereocenters. The molecule has 0 bridgehead atoms. The number of rotatable bonds is 0. The normalized spacial score (nSPS) is 37.7. The smallest absolute Gasteiger partial charge is 0.139 e. The summed E-state index contributed by atoms with van der Waals surface area (Å²) in [5.41, 5.74) is 2.82. The molecule has 4 rings (SSSR count). The first-order valence-corrected chi connectivity index (χ1v) is 8.97. The molecule has 23 heavy (non-hydrogen) atoms. The minimum atomic E-state index is -0.232. The molecular weight excluding hydrogens is 284 g/mol. The van der Waals surface area contributed by atoms with Crippen LogP contribution in [0.3, 0.4) is 0 Å². The van der Waals surface area contributed by atoms with Crippen LogP contribution in [0, 0.1) is 16.7 Å². The van der Waals surface area contributed by atoms with Gasteiger partial charge < -0.3 is 9.84 Å². The molecule has 3 aliphatic rings. The first-order valence-electron chi connectivity index (χ1n) is 8.97. The second kappa shape index (κ2) is 4.55. The Bertz CT molecular complexity index is 687. The zero-order valence-electron chi connectivity index (χ0n) is 14.8. The van der Waals surface area contributed by atoms with Gasteiger partial charge in [-0.05, 0) is 61.3 Å². The maximum Gasteiger partial charge on any atom is 0.139 e. The van der Waals surface area contributed by atoms with Gasteiger partial charge in [0.25, 0.3) is 0 Å². The highest BCUT2D eigenvalue weighted by Gasteiger charge is 2.63.